The lowest BCUT2D eigenvalue weighted by Gasteiger charge is -2.02. The molecule has 0 bridgehead atoms. The minimum atomic E-state index is 0.832. The third-order valence-corrected chi connectivity index (χ3v) is 3.44. The van der Waals surface area contributed by atoms with Crippen LogP contribution in [0.15, 0.2) is 22.4 Å². The van der Waals surface area contributed by atoms with Crippen molar-refractivity contribution in [3.05, 3.63) is 35.4 Å². The molecule has 0 aliphatic carbocycles. The second-order valence-electron chi connectivity index (χ2n) is 5.73. The van der Waals surface area contributed by atoms with Crippen molar-refractivity contribution in [3.63, 3.8) is 0 Å². The van der Waals surface area contributed by atoms with E-state index in [1.807, 2.05) is 26.3 Å². The summed E-state index contributed by atoms with van der Waals surface area (Å²) in [6, 6.07) is 0. The predicted molar refractivity (Wildman–Crippen MR) is 98.3 cm³/mol. The summed E-state index contributed by atoms with van der Waals surface area (Å²) in [6.45, 7) is 7.59. The molecule has 7 heteroatoms. The Morgan fingerprint density at radius 1 is 0.875 bits per heavy atom. The smallest absolute Gasteiger partial charge is 0.103 e. The molecule has 0 fully saturated rings. The molecule has 0 amide bonds. The summed E-state index contributed by atoms with van der Waals surface area (Å²) in [5.41, 5.74) is 1.93. The first-order valence-electron chi connectivity index (χ1n) is 8.47. The van der Waals surface area contributed by atoms with E-state index in [0.717, 1.165) is 68.5 Å². The summed E-state index contributed by atoms with van der Waals surface area (Å²) in [5.74, 6) is 1.84. The van der Waals surface area contributed by atoms with E-state index >= 15 is 0 Å². The van der Waals surface area contributed by atoms with Crippen molar-refractivity contribution >= 4 is 12.4 Å². The SMILES string of the molecule is Cc1ncc(C=NCCCCNCCCN=Cc2cnc(C)[nH]2)[nH]1. The molecule has 0 saturated heterocycles. The monoisotopic (exact) mass is 329 g/mol. The highest BCUT2D eigenvalue weighted by atomic mass is 14.9. The van der Waals surface area contributed by atoms with Crippen molar-refractivity contribution in [1.82, 2.24) is 25.3 Å². The molecule has 0 unspecified atom stereocenters. The van der Waals surface area contributed by atoms with Crippen LogP contribution >= 0.6 is 0 Å². The lowest BCUT2D eigenvalue weighted by molar-refractivity contribution is 0.612. The number of aromatic amines is 2. The third kappa shape index (κ3) is 7.32. The number of unbranched alkanes of at least 4 members (excludes halogenated alkanes) is 1. The molecule has 2 aromatic heterocycles. The molecule has 0 aromatic carbocycles. The van der Waals surface area contributed by atoms with Gasteiger partial charge in [-0.15, -0.1) is 0 Å². The fraction of sp³-hybridized carbons (Fsp3) is 0.529. The van der Waals surface area contributed by atoms with Crippen molar-refractivity contribution in [1.29, 1.82) is 0 Å². The van der Waals surface area contributed by atoms with Crippen LogP contribution in [0.4, 0.5) is 0 Å². The molecule has 2 rings (SSSR count). The third-order valence-electron chi connectivity index (χ3n) is 3.44. The predicted octanol–water partition coefficient (Wildman–Crippen LogP) is 2.05. The van der Waals surface area contributed by atoms with Gasteiger partial charge in [-0.2, -0.15) is 0 Å². The van der Waals surface area contributed by atoms with Crippen LogP contribution in [-0.4, -0.2) is 58.5 Å². The molecular formula is C17H27N7. The molecule has 0 saturated carbocycles. The second-order valence-corrected chi connectivity index (χ2v) is 5.73. The van der Waals surface area contributed by atoms with Crippen molar-refractivity contribution in [2.45, 2.75) is 33.1 Å². The number of rotatable bonds is 11. The molecule has 130 valence electrons. The Morgan fingerprint density at radius 3 is 1.96 bits per heavy atom. The summed E-state index contributed by atoms with van der Waals surface area (Å²) in [4.78, 5) is 23.3. The highest BCUT2D eigenvalue weighted by molar-refractivity contribution is 5.76. The first-order valence-corrected chi connectivity index (χ1v) is 8.47. The zero-order valence-corrected chi connectivity index (χ0v) is 14.5. The largest absolute Gasteiger partial charge is 0.341 e. The number of hydrogen-bond acceptors (Lipinski definition) is 5. The standard InChI is InChI=1S/C17H27N7/c1-14-21-12-16(23-14)10-19-7-4-3-6-18-8-5-9-20-11-17-13-22-15(2)24-17/h10-13,18H,3-9H2,1-2H3,(H,21,23)(H,22,24). The van der Waals surface area contributed by atoms with Gasteiger partial charge in [-0.3, -0.25) is 9.98 Å². The summed E-state index contributed by atoms with van der Waals surface area (Å²) in [5, 5.41) is 3.44. The second kappa shape index (κ2) is 10.5. The van der Waals surface area contributed by atoms with Crippen molar-refractivity contribution in [2.75, 3.05) is 26.2 Å². The Labute approximate surface area is 143 Å². The molecule has 3 N–H and O–H groups in total. The number of nitrogens with zero attached hydrogens (tertiary/aromatic N) is 4. The molecule has 0 spiro atoms. The lowest BCUT2D eigenvalue weighted by atomic mass is 10.3. The fourth-order valence-corrected chi connectivity index (χ4v) is 2.21. The first-order chi connectivity index (χ1) is 11.7. The lowest BCUT2D eigenvalue weighted by Crippen LogP contribution is -2.17. The zero-order valence-electron chi connectivity index (χ0n) is 14.5. The van der Waals surface area contributed by atoms with E-state index < -0.39 is 0 Å². The zero-order chi connectivity index (χ0) is 17.0. The summed E-state index contributed by atoms with van der Waals surface area (Å²) in [7, 11) is 0. The molecule has 24 heavy (non-hydrogen) atoms. The van der Waals surface area contributed by atoms with E-state index in [9.17, 15) is 0 Å². The molecular weight excluding hydrogens is 302 g/mol. The van der Waals surface area contributed by atoms with Gasteiger partial charge in [0, 0.05) is 25.5 Å². The van der Waals surface area contributed by atoms with Crippen molar-refractivity contribution in [2.24, 2.45) is 9.98 Å². The summed E-state index contributed by atoms with van der Waals surface area (Å²) >= 11 is 0. The quantitative estimate of drug-likeness (QED) is 0.435. The van der Waals surface area contributed by atoms with E-state index in [1.54, 1.807) is 12.4 Å². The van der Waals surface area contributed by atoms with Crippen LogP contribution in [0.1, 0.15) is 42.3 Å². The van der Waals surface area contributed by atoms with Crippen LogP contribution < -0.4 is 5.32 Å². The average molecular weight is 329 g/mol. The van der Waals surface area contributed by atoms with E-state index in [1.165, 1.54) is 0 Å². The van der Waals surface area contributed by atoms with E-state index in [-0.39, 0.29) is 0 Å². The van der Waals surface area contributed by atoms with Gasteiger partial charge < -0.3 is 15.3 Å². The Morgan fingerprint density at radius 2 is 1.42 bits per heavy atom. The van der Waals surface area contributed by atoms with Gasteiger partial charge in [0.15, 0.2) is 0 Å². The minimum Gasteiger partial charge on any atom is -0.341 e. The maximum atomic E-state index is 4.39. The van der Waals surface area contributed by atoms with Gasteiger partial charge in [0.05, 0.1) is 23.8 Å². The van der Waals surface area contributed by atoms with Gasteiger partial charge >= 0.3 is 0 Å². The number of aliphatic imine (C=N–C) groups is 2. The molecule has 0 aliphatic rings. The van der Waals surface area contributed by atoms with Crippen LogP contribution in [0, 0.1) is 13.8 Å². The molecule has 0 atom stereocenters. The number of imidazole rings is 2. The molecule has 0 radical (unpaired) electrons. The Bertz CT molecular complexity index is 583. The molecule has 2 heterocycles. The Balaban J connectivity index is 1.40. The van der Waals surface area contributed by atoms with Gasteiger partial charge in [0.1, 0.15) is 11.6 Å². The first kappa shape index (κ1) is 18.1. The number of hydrogen-bond donors (Lipinski definition) is 3. The average Bonchev–Trinajstić information content (AvgIpc) is 3.17. The van der Waals surface area contributed by atoms with Crippen LogP contribution in [0.5, 0.6) is 0 Å². The summed E-state index contributed by atoms with van der Waals surface area (Å²) < 4.78 is 0. The van der Waals surface area contributed by atoms with Crippen LogP contribution in [0.2, 0.25) is 0 Å². The van der Waals surface area contributed by atoms with Gasteiger partial charge in [0.25, 0.3) is 0 Å². The van der Waals surface area contributed by atoms with Gasteiger partial charge in [-0.05, 0) is 46.2 Å². The number of aryl methyl sites for hydroxylation is 2. The normalized spacial score (nSPS) is 11.9. The van der Waals surface area contributed by atoms with Crippen molar-refractivity contribution < 1.29 is 0 Å². The highest BCUT2D eigenvalue weighted by Gasteiger charge is 1.93. The Kier molecular flexibility index (Phi) is 7.89. The maximum absolute atomic E-state index is 4.39. The molecule has 7 nitrogen and oxygen atoms in total. The number of H-pyrrole nitrogens is 2. The van der Waals surface area contributed by atoms with E-state index in [4.69, 9.17) is 0 Å². The topological polar surface area (TPSA) is 94.1 Å². The number of nitrogens with one attached hydrogen (secondary N) is 3. The van der Waals surface area contributed by atoms with Crippen LogP contribution in [0.25, 0.3) is 0 Å². The van der Waals surface area contributed by atoms with E-state index in [2.05, 4.69) is 35.2 Å². The fourth-order valence-electron chi connectivity index (χ4n) is 2.21. The molecule has 2 aromatic rings. The highest BCUT2D eigenvalue weighted by Crippen LogP contribution is 1.94. The molecule has 0 aliphatic heterocycles. The van der Waals surface area contributed by atoms with E-state index in [0.29, 0.717) is 0 Å². The maximum Gasteiger partial charge on any atom is 0.103 e. The summed E-state index contributed by atoms with van der Waals surface area (Å²) in [6.07, 6.45) is 10.6. The van der Waals surface area contributed by atoms with Gasteiger partial charge in [-0.25, -0.2) is 9.97 Å². The van der Waals surface area contributed by atoms with Crippen LogP contribution in [-0.2, 0) is 0 Å². The van der Waals surface area contributed by atoms with Crippen LogP contribution in [0.3, 0.4) is 0 Å². The van der Waals surface area contributed by atoms with Gasteiger partial charge in [0.2, 0.25) is 0 Å². The van der Waals surface area contributed by atoms with Gasteiger partial charge in [-0.1, -0.05) is 0 Å². The van der Waals surface area contributed by atoms with Crippen molar-refractivity contribution in [3.8, 4) is 0 Å². The minimum absolute atomic E-state index is 0.832. The Hall–Kier alpha value is -2.28. The number of aromatic nitrogens is 4.